The van der Waals surface area contributed by atoms with Crippen molar-refractivity contribution < 1.29 is 23.8 Å². The SMILES string of the molecule is CC1(C)OC(=O)C(=Cc2ccc(OCc3ccccc3)cc2)C(=O)O1. The molecule has 0 N–H and O–H groups in total. The molecule has 1 aliphatic heterocycles. The molecule has 5 heteroatoms. The monoisotopic (exact) mass is 338 g/mol. The molecule has 0 aromatic heterocycles. The standard InChI is InChI=1S/C20H18O5/c1-20(2)24-18(21)17(19(22)25-20)12-14-8-10-16(11-9-14)23-13-15-6-4-3-5-7-15/h3-12H,13H2,1-2H3. The summed E-state index contributed by atoms with van der Waals surface area (Å²) in [5.74, 6) is -1.92. The lowest BCUT2D eigenvalue weighted by Crippen LogP contribution is -2.41. The van der Waals surface area contributed by atoms with Gasteiger partial charge in [0, 0.05) is 13.8 Å². The molecule has 0 bridgehead atoms. The largest absolute Gasteiger partial charge is 0.489 e. The molecule has 1 aliphatic rings. The highest BCUT2D eigenvalue weighted by molar-refractivity contribution is 6.18. The number of hydrogen-bond donors (Lipinski definition) is 0. The minimum absolute atomic E-state index is 0.128. The molecular formula is C20H18O5. The van der Waals surface area contributed by atoms with E-state index in [2.05, 4.69) is 0 Å². The van der Waals surface area contributed by atoms with Gasteiger partial charge in [0.2, 0.25) is 0 Å². The molecule has 0 unspecified atom stereocenters. The number of cyclic esters (lactones) is 2. The fourth-order valence-electron chi connectivity index (χ4n) is 2.35. The van der Waals surface area contributed by atoms with Crippen LogP contribution in [0.5, 0.6) is 5.75 Å². The fourth-order valence-corrected chi connectivity index (χ4v) is 2.35. The van der Waals surface area contributed by atoms with Crippen molar-refractivity contribution in [2.75, 3.05) is 0 Å². The van der Waals surface area contributed by atoms with E-state index in [4.69, 9.17) is 14.2 Å². The van der Waals surface area contributed by atoms with E-state index in [1.807, 2.05) is 30.3 Å². The molecule has 3 rings (SSSR count). The summed E-state index contributed by atoms with van der Waals surface area (Å²) in [5, 5.41) is 0. The highest BCUT2D eigenvalue weighted by atomic mass is 16.7. The van der Waals surface area contributed by atoms with Crippen LogP contribution in [-0.4, -0.2) is 17.7 Å². The van der Waals surface area contributed by atoms with Gasteiger partial charge in [-0.15, -0.1) is 0 Å². The van der Waals surface area contributed by atoms with Gasteiger partial charge in [-0.1, -0.05) is 42.5 Å². The second kappa shape index (κ2) is 6.81. The third-order valence-electron chi connectivity index (χ3n) is 3.56. The molecule has 0 radical (unpaired) electrons. The molecule has 128 valence electrons. The highest BCUT2D eigenvalue weighted by Gasteiger charge is 2.38. The molecule has 0 amide bonds. The predicted molar refractivity (Wildman–Crippen MR) is 91.5 cm³/mol. The first-order chi connectivity index (χ1) is 11.9. The van der Waals surface area contributed by atoms with Crippen molar-refractivity contribution in [2.24, 2.45) is 0 Å². The molecule has 0 spiro atoms. The zero-order valence-electron chi connectivity index (χ0n) is 14.0. The average Bonchev–Trinajstić information content (AvgIpc) is 2.57. The maximum absolute atomic E-state index is 11.9. The molecule has 0 atom stereocenters. The summed E-state index contributed by atoms with van der Waals surface area (Å²) in [5.41, 5.74) is 1.62. The summed E-state index contributed by atoms with van der Waals surface area (Å²) < 4.78 is 15.8. The van der Waals surface area contributed by atoms with Gasteiger partial charge in [-0.05, 0) is 29.3 Å². The minimum Gasteiger partial charge on any atom is -0.489 e. The van der Waals surface area contributed by atoms with Crippen LogP contribution in [0.3, 0.4) is 0 Å². The van der Waals surface area contributed by atoms with E-state index in [1.54, 1.807) is 24.3 Å². The van der Waals surface area contributed by atoms with E-state index in [-0.39, 0.29) is 5.57 Å². The average molecular weight is 338 g/mol. The number of benzene rings is 2. The molecule has 0 saturated carbocycles. The van der Waals surface area contributed by atoms with Gasteiger partial charge in [-0.25, -0.2) is 9.59 Å². The number of ether oxygens (including phenoxy) is 3. The Bertz CT molecular complexity index is 782. The van der Waals surface area contributed by atoms with Crippen LogP contribution in [0.15, 0.2) is 60.2 Å². The van der Waals surface area contributed by atoms with Crippen molar-refractivity contribution in [3.63, 3.8) is 0 Å². The number of hydrogen-bond acceptors (Lipinski definition) is 5. The molecule has 2 aromatic carbocycles. The Hall–Kier alpha value is -3.08. The van der Waals surface area contributed by atoms with Crippen molar-refractivity contribution in [2.45, 2.75) is 26.2 Å². The zero-order valence-corrected chi connectivity index (χ0v) is 14.0. The number of carbonyl (C=O) groups excluding carboxylic acids is 2. The van der Waals surface area contributed by atoms with Gasteiger partial charge >= 0.3 is 11.9 Å². The predicted octanol–water partition coefficient (Wildman–Crippen LogP) is 3.49. The summed E-state index contributed by atoms with van der Waals surface area (Å²) >= 11 is 0. The van der Waals surface area contributed by atoms with Gasteiger partial charge in [-0.3, -0.25) is 0 Å². The molecule has 25 heavy (non-hydrogen) atoms. The molecule has 0 aliphatic carbocycles. The van der Waals surface area contributed by atoms with Crippen molar-refractivity contribution in [1.29, 1.82) is 0 Å². The molecule has 2 aromatic rings. The van der Waals surface area contributed by atoms with Crippen LogP contribution >= 0.6 is 0 Å². The first-order valence-corrected chi connectivity index (χ1v) is 7.88. The zero-order chi connectivity index (χ0) is 17.9. The van der Waals surface area contributed by atoms with E-state index >= 15 is 0 Å². The number of carbonyl (C=O) groups is 2. The van der Waals surface area contributed by atoms with Crippen LogP contribution in [0, 0.1) is 0 Å². The van der Waals surface area contributed by atoms with E-state index in [9.17, 15) is 9.59 Å². The van der Waals surface area contributed by atoms with Gasteiger partial charge in [0.25, 0.3) is 5.79 Å². The first kappa shape index (κ1) is 16.8. The minimum atomic E-state index is -1.24. The van der Waals surface area contributed by atoms with Gasteiger partial charge < -0.3 is 14.2 Å². The molecule has 1 fully saturated rings. The smallest absolute Gasteiger partial charge is 0.348 e. The first-order valence-electron chi connectivity index (χ1n) is 7.88. The molecule has 1 heterocycles. The van der Waals surface area contributed by atoms with Gasteiger partial charge in [0.15, 0.2) is 0 Å². The summed E-state index contributed by atoms with van der Waals surface area (Å²) in [4.78, 5) is 23.9. The van der Waals surface area contributed by atoms with Crippen molar-refractivity contribution >= 4 is 18.0 Å². The quantitative estimate of drug-likeness (QED) is 0.485. The highest BCUT2D eigenvalue weighted by Crippen LogP contribution is 2.24. The Morgan fingerprint density at radius 2 is 1.52 bits per heavy atom. The second-order valence-electron chi connectivity index (χ2n) is 6.08. The summed E-state index contributed by atoms with van der Waals surface area (Å²) in [6.45, 7) is 3.49. The van der Waals surface area contributed by atoms with E-state index < -0.39 is 17.7 Å². The summed E-state index contributed by atoms with van der Waals surface area (Å²) in [7, 11) is 0. The van der Waals surface area contributed by atoms with Gasteiger partial charge in [0.1, 0.15) is 17.9 Å². The lowest BCUT2D eigenvalue weighted by atomic mass is 10.1. The number of rotatable bonds is 4. The Labute approximate surface area is 145 Å². The molecular weight excluding hydrogens is 320 g/mol. The van der Waals surface area contributed by atoms with Crippen LogP contribution in [-0.2, 0) is 25.7 Å². The van der Waals surface area contributed by atoms with E-state index in [0.717, 1.165) is 5.56 Å². The Morgan fingerprint density at radius 1 is 0.920 bits per heavy atom. The van der Waals surface area contributed by atoms with Gasteiger partial charge in [-0.2, -0.15) is 0 Å². The third-order valence-corrected chi connectivity index (χ3v) is 3.56. The Balaban J connectivity index is 1.68. The van der Waals surface area contributed by atoms with Crippen LogP contribution in [0.2, 0.25) is 0 Å². The molecule has 5 nitrogen and oxygen atoms in total. The topological polar surface area (TPSA) is 61.8 Å². The van der Waals surface area contributed by atoms with Crippen molar-refractivity contribution in [3.05, 3.63) is 71.3 Å². The van der Waals surface area contributed by atoms with E-state index in [0.29, 0.717) is 17.9 Å². The lowest BCUT2D eigenvalue weighted by molar-refractivity contribution is -0.222. The van der Waals surface area contributed by atoms with Crippen LogP contribution < -0.4 is 4.74 Å². The van der Waals surface area contributed by atoms with Gasteiger partial charge in [0.05, 0.1) is 0 Å². The van der Waals surface area contributed by atoms with Crippen LogP contribution in [0.1, 0.15) is 25.0 Å². The van der Waals surface area contributed by atoms with Crippen molar-refractivity contribution in [1.82, 2.24) is 0 Å². The maximum atomic E-state index is 11.9. The Kier molecular flexibility index (Phi) is 4.57. The van der Waals surface area contributed by atoms with Crippen LogP contribution in [0.4, 0.5) is 0 Å². The summed E-state index contributed by atoms with van der Waals surface area (Å²) in [6, 6.07) is 16.9. The van der Waals surface area contributed by atoms with Crippen LogP contribution in [0.25, 0.3) is 6.08 Å². The maximum Gasteiger partial charge on any atom is 0.348 e. The normalized spacial score (nSPS) is 16.0. The molecule has 1 saturated heterocycles. The fraction of sp³-hybridized carbons (Fsp3) is 0.200. The third kappa shape index (κ3) is 4.26. The lowest BCUT2D eigenvalue weighted by Gasteiger charge is -2.29. The summed E-state index contributed by atoms with van der Waals surface area (Å²) in [6.07, 6.45) is 1.45. The van der Waals surface area contributed by atoms with Crippen molar-refractivity contribution in [3.8, 4) is 5.75 Å². The van der Waals surface area contributed by atoms with E-state index in [1.165, 1.54) is 19.9 Å². The number of esters is 2. The second-order valence-corrected chi connectivity index (χ2v) is 6.08. The Morgan fingerprint density at radius 3 is 2.12 bits per heavy atom.